The van der Waals surface area contributed by atoms with Crippen LogP contribution in [-0.4, -0.2) is 20.2 Å². The summed E-state index contributed by atoms with van der Waals surface area (Å²) in [4.78, 5) is 0. The highest BCUT2D eigenvalue weighted by Crippen LogP contribution is 2.16. The van der Waals surface area contributed by atoms with Crippen molar-refractivity contribution in [2.45, 2.75) is 19.8 Å². The lowest BCUT2D eigenvalue weighted by Gasteiger charge is -2.08. The van der Waals surface area contributed by atoms with Crippen molar-refractivity contribution in [3.63, 3.8) is 0 Å². The number of para-hydroxylation sites is 1. The minimum atomic E-state index is 0.919. The number of nitrogens with one attached hydrogen (secondary N) is 1. The van der Waals surface area contributed by atoms with Crippen molar-refractivity contribution in [3.8, 4) is 17.6 Å². The van der Waals surface area contributed by atoms with Gasteiger partial charge >= 0.3 is 0 Å². The Morgan fingerprint density at radius 1 is 1.25 bits per heavy atom. The van der Waals surface area contributed by atoms with Gasteiger partial charge in [0.2, 0.25) is 0 Å². The second kappa shape index (κ2) is 7.78. The zero-order chi connectivity index (χ0) is 11.6. The first-order valence-corrected chi connectivity index (χ1v) is 5.60. The second-order valence-electron chi connectivity index (χ2n) is 3.49. The van der Waals surface area contributed by atoms with E-state index in [1.165, 1.54) is 5.56 Å². The van der Waals surface area contributed by atoms with Crippen molar-refractivity contribution in [3.05, 3.63) is 29.8 Å². The predicted octanol–water partition coefficient (Wildman–Crippen LogP) is 2.24. The summed E-state index contributed by atoms with van der Waals surface area (Å²) in [5.74, 6) is 6.89. The van der Waals surface area contributed by atoms with Gasteiger partial charge in [-0.2, -0.15) is 0 Å². The molecule has 1 rings (SSSR count). The molecule has 0 bridgehead atoms. The number of methoxy groups -OCH3 is 1. The third kappa shape index (κ3) is 4.37. The first-order chi connectivity index (χ1) is 7.88. The summed E-state index contributed by atoms with van der Waals surface area (Å²) in [7, 11) is 1.71. The summed E-state index contributed by atoms with van der Waals surface area (Å²) in [5, 5.41) is 3.36. The summed E-state index contributed by atoms with van der Waals surface area (Å²) < 4.78 is 5.29. The molecule has 0 saturated carbocycles. The highest BCUT2D eigenvalue weighted by atomic mass is 16.5. The molecule has 1 N–H and O–H groups in total. The molecule has 0 aromatic heterocycles. The Hall–Kier alpha value is -1.46. The summed E-state index contributed by atoms with van der Waals surface area (Å²) in [6.07, 6.45) is 1.91. The van der Waals surface area contributed by atoms with Crippen molar-refractivity contribution in [2.24, 2.45) is 0 Å². The molecule has 0 atom stereocenters. The van der Waals surface area contributed by atoms with Crippen LogP contribution in [0.25, 0.3) is 0 Å². The molecule has 2 heteroatoms. The molecule has 0 aliphatic rings. The Bertz CT molecular complexity index is 362. The van der Waals surface area contributed by atoms with Gasteiger partial charge in [0.25, 0.3) is 0 Å². The van der Waals surface area contributed by atoms with Gasteiger partial charge in [-0.15, -0.1) is 11.8 Å². The van der Waals surface area contributed by atoms with Crippen LogP contribution in [0.2, 0.25) is 0 Å². The Balaban J connectivity index is 2.28. The average Bonchev–Trinajstić information content (AvgIpc) is 2.34. The molecule has 0 aliphatic carbocycles. The maximum Gasteiger partial charge on any atom is 0.122 e. The monoisotopic (exact) mass is 217 g/mol. The number of benzene rings is 1. The van der Waals surface area contributed by atoms with Crippen LogP contribution in [0.1, 0.15) is 18.9 Å². The van der Waals surface area contributed by atoms with Crippen LogP contribution in [0.5, 0.6) is 5.75 Å². The summed E-state index contributed by atoms with van der Waals surface area (Å²) in [6.45, 7) is 3.79. The van der Waals surface area contributed by atoms with Crippen molar-refractivity contribution in [2.75, 3.05) is 20.2 Å². The molecule has 0 saturated heterocycles. The quantitative estimate of drug-likeness (QED) is 0.583. The van der Waals surface area contributed by atoms with Gasteiger partial charge < -0.3 is 10.1 Å². The molecule has 86 valence electrons. The molecule has 0 heterocycles. The highest BCUT2D eigenvalue weighted by molar-refractivity contribution is 5.33. The standard InChI is InChI=1S/C14H19NO/c1-3-4-7-11-15-12-10-13-8-5-6-9-14(13)16-2/h5-6,8-9,15H,7,10-12H2,1-2H3. The average molecular weight is 217 g/mol. The molecule has 16 heavy (non-hydrogen) atoms. The number of hydrogen-bond acceptors (Lipinski definition) is 2. The molecular formula is C14H19NO. The molecule has 0 aliphatic heterocycles. The van der Waals surface area contributed by atoms with E-state index < -0.39 is 0 Å². The molecule has 0 spiro atoms. The molecule has 0 radical (unpaired) electrons. The zero-order valence-electron chi connectivity index (χ0n) is 10.0. The lowest BCUT2D eigenvalue weighted by Crippen LogP contribution is -2.18. The Labute approximate surface area is 98.0 Å². The van der Waals surface area contributed by atoms with Crippen molar-refractivity contribution in [1.29, 1.82) is 0 Å². The molecule has 0 amide bonds. The molecule has 1 aromatic rings. The summed E-state index contributed by atoms with van der Waals surface area (Å²) in [5.41, 5.74) is 1.25. The maximum absolute atomic E-state index is 5.29. The van der Waals surface area contributed by atoms with E-state index in [-0.39, 0.29) is 0 Å². The normalized spacial score (nSPS) is 9.38. The van der Waals surface area contributed by atoms with E-state index in [0.717, 1.165) is 31.7 Å². The zero-order valence-corrected chi connectivity index (χ0v) is 10.0. The Kier molecular flexibility index (Phi) is 6.13. The predicted molar refractivity (Wildman–Crippen MR) is 67.6 cm³/mol. The third-order valence-corrected chi connectivity index (χ3v) is 2.37. The van der Waals surface area contributed by atoms with Crippen LogP contribution in [0.15, 0.2) is 24.3 Å². The molecule has 0 unspecified atom stereocenters. The van der Waals surface area contributed by atoms with E-state index in [1.807, 2.05) is 25.1 Å². The molecule has 1 aromatic carbocycles. The van der Waals surface area contributed by atoms with Gasteiger partial charge in [-0.3, -0.25) is 0 Å². The minimum absolute atomic E-state index is 0.919. The first kappa shape index (κ1) is 12.6. The van der Waals surface area contributed by atoms with Crippen molar-refractivity contribution >= 4 is 0 Å². The van der Waals surface area contributed by atoms with E-state index in [4.69, 9.17) is 4.74 Å². The van der Waals surface area contributed by atoms with E-state index in [9.17, 15) is 0 Å². The summed E-state index contributed by atoms with van der Waals surface area (Å²) >= 11 is 0. The van der Waals surface area contributed by atoms with Crippen molar-refractivity contribution in [1.82, 2.24) is 5.32 Å². The Morgan fingerprint density at radius 2 is 2.06 bits per heavy atom. The Morgan fingerprint density at radius 3 is 2.81 bits per heavy atom. The van der Waals surface area contributed by atoms with E-state index in [0.29, 0.717) is 0 Å². The number of hydrogen-bond donors (Lipinski definition) is 1. The van der Waals surface area contributed by atoms with Gasteiger partial charge in [0.05, 0.1) is 7.11 Å². The summed E-state index contributed by atoms with van der Waals surface area (Å²) in [6, 6.07) is 8.14. The number of ether oxygens (including phenoxy) is 1. The van der Waals surface area contributed by atoms with Crippen LogP contribution in [-0.2, 0) is 6.42 Å². The molecule has 2 nitrogen and oxygen atoms in total. The van der Waals surface area contributed by atoms with Gasteiger partial charge in [-0.1, -0.05) is 18.2 Å². The van der Waals surface area contributed by atoms with Gasteiger partial charge in [-0.05, 0) is 31.5 Å². The van der Waals surface area contributed by atoms with Crippen molar-refractivity contribution < 1.29 is 4.74 Å². The van der Waals surface area contributed by atoms with Crippen LogP contribution in [0.3, 0.4) is 0 Å². The van der Waals surface area contributed by atoms with Crippen LogP contribution in [0, 0.1) is 11.8 Å². The largest absolute Gasteiger partial charge is 0.496 e. The smallest absolute Gasteiger partial charge is 0.122 e. The fourth-order valence-electron chi connectivity index (χ4n) is 1.53. The van der Waals surface area contributed by atoms with E-state index in [2.05, 4.69) is 23.2 Å². The first-order valence-electron chi connectivity index (χ1n) is 5.60. The van der Waals surface area contributed by atoms with Gasteiger partial charge in [0.15, 0.2) is 0 Å². The van der Waals surface area contributed by atoms with Gasteiger partial charge in [-0.25, -0.2) is 0 Å². The second-order valence-corrected chi connectivity index (χ2v) is 3.49. The van der Waals surface area contributed by atoms with E-state index in [1.54, 1.807) is 7.11 Å². The maximum atomic E-state index is 5.29. The lowest BCUT2D eigenvalue weighted by molar-refractivity contribution is 0.409. The van der Waals surface area contributed by atoms with Gasteiger partial charge in [0, 0.05) is 13.0 Å². The van der Waals surface area contributed by atoms with Crippen LogP contribution >= 0.6 is 0 Å². The minimum Gasteiger partial charge on any atom is -0.496 e. The van der Waals surface area contributed by atoms with E-state index >= 15 is 0 Å². The molecular weight excluding hydrogens is 198 g/mol. The molecule has 0 fully saturated rings. The number of rotatable bonds is 6. The topological polar surface area (TPSA) is 21.3 Å². The fourth-order valence-corrected chi connectivity index (χ4v) is 1.53. The highest BCUT2D eigenvalue weighted by Gasteiger charge is 1.99. The lowest BCUT2D eigenvalue weighted by atomic mass is 10.1. The van der Waals surface area contributed by atoms with Crippen LogP contribution < -0.4 is 10.1 Å². The SMILES string of the molecule is CC#CCCNCCc1ccccc1OC. The third-order valence-electron chi connectivity index (χ3n) is 2.37. The van der Waals surface area contributed by atoms with Gasteiger partial charge in [0.1, 0.15) is 5.75 Å². The van der Waals surface area contributed by atoms with Crippen LogP contribution in [0.4, 0.5) is 0 Å². The fraction of sp³-hybridized carbons (Fsp3) is 0.429.